The largest absolute Gasteiger partial charge is 0.332 e. The Kier molecular flexibility index (Phi) is 3.90. The first-order valence-corrected chi connectivity index (χ1v) is 11.0. The van der Waals surface area contributed by atoms with Gasteiger partial charge in [-0.15, -0.1) is 0 Å². The number of hydrogen-bond acceptors (Lipinski definition) is 2. The normalized spacial score (nSPS) is 31.5. The average molecular weight is 421 g/mol. The van der Waals surface area contributed by atoms with Gasteiger partial charge in [0.1, 0.15) is 12.0 Å². The highest BCUT2D eigenvalue weighted by Crippen LogP contribution is 2.74. The van der Waals surface area contributed by atoms with E-state index in [1.165, 1.54) is 17.7 Å². The van der Waals surface area contributed by atoms with Crippen LogP contribution < -0.4 is 0 Å². The number of nitrogens with zero attached hydrogens (tertiary/aromatic N) is 3. The topological polar surface area (TPSA) is 38.1 Å². The molecule has 1 aliphatic heterocycles. The summed E-state index contributed by atoms with van der Waals surface area (Å²) in [5.41, 5.74) is 2.65. The Labute approximate surface area is 179 Å². The average Bonchev–Trinajstić information content (AvgIpc) is 3.25. The van der Waals surface area contributed by atoms with E-state index in [4.69, 9.17) is 5.10 Å². The van der Waals surface area contributed by atoms with E-state index in [9.17, 15) is 13.6 Å². The molecule has 2 atom stereocenters. The van der Waals surface area contributed by atoms with E-state index in [1.807, 2.05) is 10.7 Å². The SMILES string of the molecule is Cc1ccc2nn(CC34CC(C(=O)N5CC(F)CC5c5cccc(F)c5)(C3)C4)cc2c1. The van der Waals surface area contributed by atoms with Gasteiger partial charge in [-0.25, -0.2) is 8.78 Å². The van der Waals surface area contributed by atoms with E-state index in [0.29, 0.717) is 5.56 Å². The highest BCUT2D eigenvalue weighted by Gasteiger charge is 2.72. The lowest BCUT2D eigenvalue weighted by Gasteiger charge is -2.70. The Morgan fingerprint density at radius 2 is 2.00 bits per heavy atom. The van der Waals surface area contributed by atoms with Crippen molar-refractivity contribution in [1.29, 1.82) is 0 Å². The molecule has 3 aromatic rings. The Morgan fingerprint density at radius 3 is 2.77 bits per heavy atom. The molecule has 3 saturated carbocycles. The van der Waals surface area contributed by atoms with E-state index < -0.39 is 6.17 Å². The van der Waals surface area contributed by atoms with Crippen LogP contribution in [0.25, 0.3) is 10.9 Å². The molecule has 1 saturated heterocycles. The summed E-state index contributed by atoms with van der Waals surface area (Å²) in [5.74, 6) is -0.302. The Hall–Kier alpha value is -2.76. The molecule has 4 nitrogen and oxygen atoms in total. The van der Waals surface area contributed by atoms with E-state index in [1.54, 1.807) is 17.0 Å². The minimum Gasteiger partial charge on any atom is -0.332 e. The van der Waals surface area contributed by atoms with Crippen molar-refractivity contribution >= 4 is 16.8 Å². The molecule has 4 fully saturated rings. The summed E-state index contributed by atoms with van der Waals surface area (Å²) >= 11 is 0. The molecule has 6 heteroatoms. The molecule has 3 aliphatic carbocycles. The number of likely N-dealkylation sites (tertiary alicyclic amines) is 1. The van der Waals surface area contributed by atoms with Gasteiger partial charge in [-0.2, -0.15) is 5.10 Å². The number of aromatic nitrogens is 2. The molecule has 2 aromatic carbocycles. The first-order chi connectivity index (χ1) is 14.8. The third-order valence-corrected chi connectivity index (χ3v) is 7.54. The summed E-state index contributed by atoms with van der Waals surface area (Å²) in [7, 11) is 0. The number of fused-ring (bicyclic) bond motifs is 1. The summed E-state index contributed by atoms with van der Waals surface area (Å²) in [6.45, 7) is 3.00. The second kappa shape index (κ2) is 6.38. The van der Waals surface area contributed by atoms with E-state index in [2.05, 4.69) is 25.3 Å². The lowest BCUT2D eigenvalue weighted by molar-refractivity contribution is -0.223. The molecule has 0 radical (unpaired) electrons. The third kappa shape index (κ3) is 2.91. The Balaban J connectivity index is 1.17. The smallest absolute Gasteiger partial charge is 0.229 e. The summed E-state index contributed by atoms with van der Waals surface area (Å²) in [6, 6.07) is 12.1. The van der Waals surface area contributed by atoms with Crippen molar-refractivity contribution in [2.75, 3.05) is 6.54 Å². The van der Waals surface area contributed by atoms with E-state index in [-0.39, 0.29) is 41.6 Å². The number of carbonyl (C=O) groups excluding carboxylic acids is 1. The van der Waals surface area contributed by atoms with Crippen LogP contribution in [0.2, 0.25) is 0 Å². The quantitative estimate of drug-likeness (QED) is 0.597. The molecular weight excluding hydrogens is 396 g/mol. The summed E-state index contributed by atoms with van der Waals surface area (Å²) in [4.78, 5) is 15.1. The van der Waals surface area contributed by atoms with Crippen molar-refractivity contribution in [1.82, 2.24) is 14.7 Å². The second-order valence-corrected chi connectivity index (χ2v) is 10.1. The molecule has 160 valence electrons. The van der Waals surface area contributed by atoms with Crippen LogP contribution >= 0.6 is 0 Å². The zero-order chi connectivity index (χ0) is 21.4. The van der Waals surface area contributed by atoms with Crippen LogP contribution in [0.5, 0.6) is 0 Å². The number of amides is 1. The third-order valence-electron chi connectivity index (χ3n) is 7.54. The van der Waals surface area contributed by atoms with Gasteiger partial charge in [0.25, 0.3) is 0 Å². The number of benzene rings is 2. The lowest BCUT2D eigenvalue weighted by atomic mass is 9.34. The number of halogens is 2. The Bertz CT molecular complexity index is 1180. The van der Waals surface area contributed by atoms with E-state index >= 15 is 0 Å². The predicted molar refractivity (Wildman–Crippen MR) is 114 cm³/mol. The van der Waals surface area contributed by atoms with Crippen molar-refractivity contribution in [2.45, 2.75) is 51.4 Å². The molecule has 0 N–H and O–H groups in total. The van der Waals surface area contributed by atoms with Gasteiger partial charge in [-0.05, 0) is 61.4 Å². The number of carbonyl (C=O) groups is 1. The summed E-state index contributed by atoms with van der Waals surface area (Å²) in [5, 5.41) is 5.84. The van der Waals surface area contributed by atoms with Crippen LogP contribution in [0.4, 0.5) is 8.78 Å². The standard InChI is InChI=1S/C25H25F2N3O/c1-16-5-6-21-18(7-16)10-29(28-21)15-24-12-25(13-24,14-24)23(31)30-11-20(27)9-22(30)17-3-2-4-19(26)8-17/h2-8,10,20,22H,9,11-15H2,1H3. The lowest BCUT2D eigenvalue weighted by Crippen LogP contribution is -2.69. The molecule has 1 amide bonds. The molecule has 2 unspecified atom stereocenters. The minimum absolute atomic E-state index is 0.0463. The molecule has 7 rings (SSSR count). The van der Waals surface area contributed by atoms with Crippen LogP contribution in [0.3, 0.4) is 0 Å². The number of aryl methyl sites for hydroxylation is 1. The van der Waals surface area contributed by atoms with Crippen LogP contribution in [0, 0.1) is 23.6 Å². The van der Waals surface area contributed by atoms with E-state index in [0.717, 1.165) is 36.7 Å². The number of alkyl halides is 1. The highest BCUT2D eigenvalue weighted by molar-refractivity contribution is 5.87. The first-order valence-electron chi connectivity index (χ1n) is 11.0. The monoisotopic (exact) mass is 421 g/mol. The minimum atomic E-state index is -1.06. The van der Waals surface area contributed by atoms with Gasteiger partial charge in [0, 0.05) is 24.5 Å². The Morgan fingerprint density at radius 1 is 1.19 bits per heavy atom. The van der Waals surface area contributed by atoms with Crippen molar-refractivity contribution in [3.63, 3.8) is 0 Å². The first kappa shape index (κ1) is 19.0. The number of hydrogen-bond donors (Lipinski definition) is 0. The fourth-order valence-corrected chi connectivity index (χ4v) is 6.36. The molecule has 0 spiro atoms. The summed E-state index contributed by atoms with van der Waals surface area (Å²) in [6.07, 6.45) is 3.77. The van der Waals surface area contributed by atoms with Crippen molar-refractivity contribution in [3.8, 4) is 0 Å². The van der Waals surface area contributed by atoms with Gasteiger partial charge >= 0.3 is 0 Å². The molecule has 1 aromatic heterocycles. The van der Waals surface area contributed by atoms with Gasteiger partial charge in [-0.3, -0.25) is 9.48 Å². The molecule has 2 bridgehead atoms. The van der Waals surface area contributed by atoms with Crippen LogP contribution in [0.15, 0.2) is 48.7 Å². The second-order valence-electron chi connectivity index (χ2n) is 10.1. The fourth-order valence-electron chi connectivity index (χ4n) is 6.36. The predicted octanol–water partition coefficient (Wildman–Crippen LogP) is 4.97. The number of rotatable bonds is 4. The zero-order valence-electron chi connectivity index (χ0n) is 17.5. The van der Waals surface area contributed by atoms with Gasteiger partial charge in [0.15, 0.2) is 0 Å². The highest BCUT2D eigenvalue weighted by atomic mass is 19.1. The maximum absolute atomic E-state index is 14.3. The van der Waals surface area contributed by atoms with Crippen molar-refractivity contribution < 1.29 is 13.6 Å². The molecule has 4 aliphatic rings. The zero-order valence-corrected chi connectivity index (χ0v) is 17.5. The van der Waals surface area contributed by atoms with Gasteiger partial charge in [-0.1, -0.05) is 23.8 Å². The maximum atomic E-state index is 14.3. The van der Waals surface area contributed by atoms with Crippen LogP contribution in [-0.2, 0) is 11.3 Å². The van der Waals surface area contributed by atoms with Crippen molar-refractivity contribution in [2.24, 2.45) is 10.8 Å². The van der Waals surface area contributed by atoms with Gasteiger partial charge in [0.05, 0.1) is 23.5 Å². The van der Waals surface area contributed by atoms with Crippen molar-refractivity contribution in [3.05, 3.63) is 65.6 Å². The van der Waals surface area contributed by atoms with Crippen LogP contribution in [-0.4, -0.2) is 33.3 Å². The maximum Gasteiger partial charge on any atom is 0.229 e. The molecule has 2 heterocycles. The molecular formula is C25H25F2N3O. The fraction of sp³-hybridized carbons (Fsp3) is 0.440. The summed E-state index contributed by atoms with van der Waals surface area (Å²) < 4.78 is 30.0. The van der Waals surface area contributed by atoms with Gasteiger partial charge in [0.2, 0.25) is 5.91 Å². The van der Waals surface area contributed by atoms with Gasteiger partial charge < -0.3 is 4.90 Å². The van der Waals surface area contributed by atoms with Crippen LogP contribution in [0.1, 0.15) is 42.9 Å². The molecule has 31 heavy (non-hydrogen) atoms.